The zero-order valence-corrected chi connectivity index (χ0v) is 16.6. The molecule has 1 fully saturated rings. The van der Waals surface area contributed by atoms with Gasteiger partial charge in [-0.2, -0.15) is 0 Å². The van der Waals surface area contributed by atoms with Crippen molar-refractivity contribution in [2.24, 2.45) is 0 Å². The molecule has 148 valence electrons. The molecule has 2 heterocycles. The molecule has 0 N–H and O–H groups in total. The van der Waals surface area contributed by atoms with Crippen LogP contribution in [0.1, 0.15) is 13.8 Å². The average Bonchev–Trinajstić information content (AvgIpc) is 2.64. The number of anilines is 1. The van der Waals surface area contributed by atoms with Gasteiger partial charge in [0.1, 0.15) is 6.54 Å². The topological polar surface area (TPSA) is 62.3 Å². The van der Waals surface area contributed by atoms with Crippen molar-refractivity contribution in [1.82, 2.24) is 9.80 Å². The van der Waals surface area contributed by atoms with Crippen LogP contribution in [0.5, 0.6) is 5.75 Å². The molecule has 1 aromatic carbocycles. The quantitative estimate of drug-likeness (QED) is 0.732. The van der Waals surface area contributed by atoms with Gasteiger partial charge in [0.05, 0.1) is 23.4 Å². The molecule has 7 nitrogen and oxygen atoms in total. The smallest absolute Gasteiger partial charge is 0.265 e. The number of benzene rings is 1. The Morgan fingerprint density at radius 3 is 2.70 bits per heavy atom. The molecule has 27 heavy (non-hydrogen) atoms. The van der Waals surface area contributed by atoms with E-state index in [-0.39, 0.29) is 31.1 Å². The lowest BCUT2D eigenvalue weighted by molar-refractivity contribution is -0.133. The van der Waals surface area contributed by atoms with Crippen LogP contribution in [0.25, 0.3) is 0 Å². The Balaban J connectivity index is 1.54. The molecule has 0 saturated carbocycles. The summed E-state index contributed by atoms with van der Waals surface area (Å²) in [7, 11) is 0. The van der Waals surface area contributed by atoms with E-state index in [0.717, 1.165) is 19.6 Å². The Hall–Kier alpha value is -1.83. The van der Waals surface area contributed by atoms with Crippen molar-refractivity contribution in [2.45, 2.75) is 20.0 Å². The summed E-state index contributed by atoms with van der Waals surface area (Å²) >= 11 is 6.14. The molecule has 0 atom stereocenters. The normalized spacial score (nSPS) is 17.9. The van der Waals surface area contributed by atoms with E-state index in [9.17, 15) is 9.59 Å². The van der Waals surface area contributed by atoms with Gasteiger partial charge in [0, 0.05) is 32.7 Å². The lowest BCUT2D eigenvalue weighted by atomic mass is 10.2. The second kappa shape index (κ2) is 8.91. The number of amides is 2. The van der Waals surface area contributed by atoms with Crippen LogP contribution in [0.2, 0.25) is 5.02 Å². The maximum Gasteiger partial charge on any atom is 0.265 e. The van der Waals surface area contributed by atoms with Gasteiger partial charge in [0.2, 0.25) is 5.91 Å². The van der Waals surface area contributed by atoms with Crippen LogP contribution in [-0.2, 0) is 14.3 Å². The summed E-state index contributed by atoms with van der Waals surface area (Å²) in [5.41, 5.74) is 0.552. The van der Waals surface area contributed by atoms with Crippen molar-refractivity contribution in [1.29, 1.82) is 0 Å². The van der Waals surface area contributed by atoms with Gasteiger partial charge in [0.15, 0.2) is 12.4 Å². The Morgan fingerprint density at radius 1 is 1.26 bits per heavy atom. The minimum absolute atomic E-state index is 0.00595. The highest BCUT2D eigenvalue weighted by Crippen LogP contribution is 2.38. The maximum atomic E-state index is 12.7. The summed E-state index contributed by atoms with van der Waals surface area (Å²) in [6.07, 6.45) is 0.232. The summed E-state index contributed by atoms with van der Waals surface area (Å²) in [6.45, 7) is 8.45. The number of ether oxygens (including phenoxy) is 2. The lowest BCUT2D eigenvalue weighted by Crippen LogP contribution is -2.53. The second-order valence-electron chi connectivity index (χ2n) is 7.00. The summed E-state index contributed by atoms with van der Waals surface area (Å²) in [6, 6.07) is 5.20. The van der Waals surface area contributed by atoms with Gasteiger partial charge in [-0.15, -0.1) is 0 Å². The number of hydrogen-bond acceptors (Lipinski definition) is 5. The fraction of sp³-hybridized carbons (Fsp3) is 0.579. The Labute approximate surface area is 164 Å². The summed E-state index contributed by atoms with van der Waals surface area (Å²) in [5.74, 6) is 0.165. The summed E-state index contributed by atoms with van der Waals surface area (Å²) < 4.78 is 11.0. The molecule has 1 aromatic rings. The van der Waals surface area contributed by atoms with Crippen molar-refractivity contribution in [2.75, 3.05) is 57.4 Å². The van der Waals surface area contributed by atoms with E-state index < -0.39 is 0 Å². The van der Waals surface area contributed by atoms with Gasteiger partial charge in [0.25, 0.3) is 5.91 Å². The molecular formula is C19H26ClN3O4. The minimum Gasteiger partial charge on any atom is -0.480 e. The Kier molecular flexibility index (Phi) is 6.57. The molecule has 3 rings (SSSR count). The highest BCUT2D eigenvalue weighted by Gasteiger charge is 2.31. The molecule has 0 aromatic heterocycles. The van der Waals surface area contributed by atoms with Gasteiger partial charge in [-0.3, -0.25) is 19.4 Å². The number of piperazine rings is 1. The molecule has 0 unspecified atom stereocenters. The van der Waals surface area contributed by atoms with E-state index in [1.807, 2.05) is 18.7 Å². The molecule has 0 bridgehead atoms. The molecule has 0 spiro atoms. The molecule has 1 saturated heterocycles. The monoisotopic (exact) mass is 395 g/mol. The fourth-order valence-corrected chi connectivity index (χ4v) is 3.47. The van der Waals surface area contributed by atoms with Crippen LogP contribution in [0.15, 0.2) is 18.2 Å². The van der Waals surface area contributed by atoms with Gasteiger partial charge >= 0.3 is 0 Å². The SMILES string of the molecule is CC(C)OCCN1CCN(C(=O)CN2C(=O)COc3c(Cl)cccc32)CC1. The predicted octanol–water partition coefficient (Wildman–Crippen LogP) is 1.63. The minimum atomic E-state index is -0.234. The highest BCUT2D eigenvalue weighted by molar-refractivity contribution is 6.32. The molecule has 8 heteroatoms. The lowest BCUT2D eigenvalue weighted by Gasteiger charge is -2.36. The first kappa shape index (κ1) is 19.9. The maximum absolute atomic E-state index is 12.7. The van der Waals surface area contributed by atoms with Crippen LogP contribution in [0, 0.1) is 0 Å². The van der Waals surface area contributed by atoms with Crippen molar-refractivity contribution < 1.29 is 19.1 Å². The van der Waals surface area contributed by atoms with E-state index in [2.05, 4.69) is 4.90 Å². The first-order valence-electron chi connectivity index (χ1n) is 9.29. The van der Waals surface area contributed by atoms with Crippen molar-refractivity contribution in [3.8, 4) is 5.75 Å². The first-order chi connectivity index (χ1) is 13.0. The number of rotatable bonds is 6. The first-order valence-corrected chi connectivity index (χ1v) is 9.67. The van der Waals surface area contributed by atoms with Crippen molar-refractivity contribution in [3.63, 3.8) is 0 Å². The zero-order valence-electron chi connectivity index (χ0n) is 15.8. The van der Waals surface area contributed by atoms with Crippen molar-refractivity contribution >= 4 is 29.1 Å². The summed E-state index contributed by atoms with van der Waals surface area (Å²) in [4.78, 5) is 30.6. The fourth-order valence-electron chi connectivity index (χ4n) is 3.25. The van der Waals surface area contributed by atoms with Gasteiger partial charge in [-0.1, -0.05) is 17.7 Å². The van der Waals surface area contributed by atoms with Gasteiger partial charge in [-0.25, -0.2) is 0 Å². The highest BCUT2D eigenvalue weighted by atomic mass is 35.5. The van der Waals surface area contributed by atoms with E-state index >= 15 is 0 Å². The second-order valence-corrected chi connectivity index (χ2v) is 7.41. The predicted molar refractivity (Wildman–Crippen MR) is 103 cm³/mol. The molecule has 0 aliphatic carbocycles. The Morgan fingerprint density at radius 2 is 2.00 bits per heavy atom. The molecule has 0 radical (unpaired) electrons. The van der Waals surface area contributed by atoms with Gasteiger partial charge < -0.3 is 14.4 Å². The number of nitrogens with zero attached hydrogens (tertiary/aromatic N) is 3. The van der Waals surface area contributed by atoms with E-state index in [1.165, 1.54) is 4.90 Å². The molecule has 2 amide bonds. The number of halogens is 1. The van der Waals surface area contributed by atoms with Crippen LogP contribution in [0.3, 0.4) is 0 Å². The van der Waals surface area contributed by atoms with E-state index in [4.69, 9.17) is 21.1 Å². The largest absolute Gasteiger partial charge is 0.480 e. The van der Waals surface area contributed by atoms with E-state index in [0.29, 0.717) is 36.2 Å². The van der Waals surface area contributed by atoms with Crippen LogP contribution >= 0.6 is 11.6 Å². The van der Waals surface area contributed by atoms with Crippen LogP contribution in [-0.4, -0.2) is 80.2 Å². The molecule has 2 aliphatic heterocycles. The third-order valence-electron chi connectivity index (χ3n) is 4.76. The molecular weight excluding hydrogens is 370 g/mol. The number of para-hydroxylation sites is 1. The Bertz CT molecular complexity index is 690. The van der Waals surface area contributed by atoms with Crippen molar-refractivity contribution in [3.05, 3.63) is 23.2 Å². The number of hydrogen-bond donors (Lipinski definition) is 0. The van der Waals surface area contributed by atoms with Crippen LogP contribution < -0.4 is 9.64 Å². The number of carbonyl (C=O) groups excluding carboxylic acids is 2. The number of carbonyl (C=O) groups is 2. The molecule has 2 aliphatic rings. The third kappa shape index (κ3) is 4.91. The van der Waals surface area contributed by atoms with E-state index in [1.54, 1.807) is 18.2 Å². The van der Waals surface area contributed by atoms with Crippen LogP contribution in [0.4, 0.5) is 5.69 Å². The zero-order chi connectivity index (χ0) is 19.4. The number of fused-ring (bicyclic) bond motifs is 1. The average molecular weight is 396 g/mol. The summed E-state index contributed by atoms with van der Waals surface area (Å²) in [5, 5.41) is 0.440. The third-order valence-corrected chi connectivity index (χ3v) is 5.05. The standard InChI is InChI=1S/C19H26ClN3O4/c1-14(2)26-11-10-21-6-8-22(9-7-21)17(24)12-23-16-5-3-4-15(20)19(16)27-13-18(23)25/h3-5,14H,6-13H2,1-2H3. The van der Waals surface area contributed by atoms with Gasteiger partial charge in [-0.05, 0) is 26.0 Å².